The van der Waals surface area contributed by atoms with Gasteiger partial charge >= 0.3 is 23.9 Å². The highest BCUT2D eigenvalue weighted by Crippen LogP contribution is 2.17. The average Bonchev–Trinajstić information content (AvgIpc) is 1.61. The van der Waals surface area contributed by atoms with E-state index in [2.05, 4.69) is 92.2 Å². The summed E-state index contributed by atoms with van der Waals surface area (Å²) < 4.78 is 24.3. The van der Waals surface area contributed by atoms with Gasteiger partial charge in [-0.05, 0) is 128 Å². The van der Waals surface area contributed by atoms with Crippen molar-refractivity contribution in [2.75, 3.05) is 18.5 Å². The Kier molecular flexibility index (Phi) is 78.1. The molecule has 0 saturated heterocycles. The minimum Gasteiger partial charge on any atom is -1.00 e. The van der Waals surface area contributed by atoms with Gasteiger partial charge in [-0.15, -0.1) is 0 Å². The summed E-state index contributed by atoms with van der Waals surface area (Å²) in [6.07, 6.45) is 87.6. The van der Waals surface area contributed by atoms with Crippen molar-refractivity contribution in [2.24, 2.45) is 0 Å². The quantitative estimate of drug-likeness (QED) is 0.0158. The molecular formula is C83H147Br2NO8. The van der Waals surface area contributed by atoms with Gasteiger partial charge in [-0.25, -0.2) is 4.57 Å². The van der Waals surface area contributed by atoms with Crippen LogP contribution in [0.1, 0.15) is 387 Å². The summed E-state index contributed by atoms with van der Waals surface area (Å²) in [4.78, 5) is 49.5. The van der Waals surface area contributed by atoms with Crippen molar-refractivity contribution < 1.29 is 59.7 Å². The molecule has 0 aliphatic heterocycles. The Labute approximate surface area is 599 Å². The van der Waals surface area contributed by atoms with Gasteiger partial charge in [-0.1, -0.05) is 304 Å². The molecule has 94 heavy (non-hydrogen) atoms. The standard InChI is InChI=1S/C44H76NO4.C39H71BrO4.BrH/c1-3-5-7-9-11-13-15-17-19-21-23-25-27-29-32-36-43(46)48-41-42(40-45-38-34-31-35-39-45)49-44(47)37-33-30-28-26-24-22-20-18-16-14-12-10-8-6-4-2;1-3-5-7-9-11-13-15-17-19-21-23-25-27-29-31-33-38(41)43-36-37(35-40)44-39(42)34-32-30-28-26-24-22-20-18-16-14-12-10-8-6-4-2;/h17-20,31,34-35,38-39,42H,3-16,21-30,32-33,36-37,40-41H2,1-2H3;17-20,37H,3-16,21-36H2,1-2H3;1H/q+1;;/p-1/b2*19-17-,20-18-;. The first kappa shape index (κ1) is 93.0. The zero-order valence-electron chi connectivity index (χ0n) is 61.6. The largest absolute Gasteiger partial charge is 1.00 e. The molecule has 0 radical (unpaired) electrons. The first-order valence-electron chi connectivity index (χ1n) is 39.6. The van der Waals surface area contributed by atoms with Crippen molar-refractivity contribution in [3.05, 3.63) is 79.2 Å². The predicted octanol–water partition coefficient (Wildman–Crippen LogP) is 22.4. The van der Waals surface area contributed by atoms with Gasteiger partial charge in [0.2, 0.25) is 0 Å². The molecule has 0 amide bonds. The Morgan fingerprint density at radius 3 is 0.798 bits per heavy atom. The second-order valence-corrected chi connectivity index (χ2v) is 27.3. The first-order chi connectivity index (χ1) is 45.8. The van der Waals surface area contributed by atoms with Gasteiger partial charge in [0.25, 0.3) is 0 Å². The maximum absolute atomic E-state index is 12.7. The van der Waals surface area contributed by atoms with Crippen LogP contribution in [0, 0.1) is 0 Å². The number of carbonyl (C=O) groups is 4. The number of nitrogens with zero attached hydrogens (tertiary/aromatic N) is 1. The summed E-state index contributed by atoms with van der Waals surface area (Å²) in [7, 11) is 0. The summed E-state index contributed by atoms with van der Waals surface area (Å²) in [5.74, 6) is -0.788. The number of alkyl halides is 1. The monoisotopic (exact) mass is 1440 g/mol. The number of esters is 4. The van der Waals surface area contributed by atoms with E-state index in [1.165, 1.54) is 244 Å². The van der Waals surface area contributed by atoms with E-state index in [4.69, 9.17) is 18.9 Å². The van der Waals surface area contributed by atoms with Gasteiger partial charge in [0.05, 0.1) is 0 Å². The second kappa shape index (κ2) is 78.9. The number of rotatable bonds is 69. The molecular weight excluding hydrogens is 1300 g/mol. The Morgan fingerprint density at radius 1 is 0.309 bits per heavy atom. The van der Waals surface area contributed by atoms with E-state index < -0.39 is 12.2 Å². The molecule has 0 N–H and O–H groups in total. The van der Waals surface area contributed by atoms with Crippen LogP contribution >= 0.6 is 15.9 Å². The molecule has 0 fully saturated rings. The molecule has 9 nitrogen and oxygen atoms in total. The van der Waals surface area contributed by atoms with E-state index in [0.29, 0.717) is 37.6 Å². The molecule has 0 spiro atoms. The lowest BCUT2D eigenvalue weighted by atomic mass is 10.1. The highest BCUT2D eigenvalue weighted by Gasteiger charge is 2.22. The van der Waals surface area contributed by atoms with Gasteiger partial charge in [0.1, 0.15) is 19.3 Å². The number of hydrogen-bond acceptors (Lipinski definition) is 8. The van der Waals surface area contributed by atoms with Crippen molar-refractivity contribution in [1.29, 1.82) is 0 Å². The summed E-state index contributed by atoms with van der Waals surface area (Å²) in [5.41, 5.74) is 0. The molecule has 0 aliphatic carbocycles. The molecule has 0 aromatic carbocycles. The fraction of sp³-hybridized carbons (Fsp3) is 0.795. The summed E-state index contributed by atoms with van der Waals surface area (Å²) in [5, 5.41) is 0.478. The number of aromatic nitrogens is 1. The van der Waals surface area contributed by atoms with Crippen LogP contribution in [0.3, 0.4) is 0 Å². The number of pyridine rings is 1. The maximum Gasteiger partial charge on any atom is 0.306 e. The Bertz CT molecular complexity index is 1870. The summed E-state index contributed by atoms with van der Waals surface area (Å²) in [6.45, 7) is 9.77. The summed E-state index contributed by atoms with van der Waals surface area (Å²) in [6, 6.07) is 5.85. The Balaban J connectivity index is 0. The van der Waals surface area contributed by atoms with Gasteiger partial charge < -0.3 is 35.9 Å². The minimum absolute atomic E-state index is 0. The molecule has 0 bridgehead atoms. The van der Waals surface area contributed by atoms with Crippen LogP contribution in [-0.4, -0.2) is 54.6 Å². The number of halogens is 2. The van der Waals surface area contributed by atoms with Gasteiger partial charge in [0, 0.05) is 43.1 Å². The lowest BCUT2D eigenvalue weighted by Gasteiger charge is -2.16. The minimum atomic E-state index is -0.485. The Morgan fingerprint density at radius 2 is 0.532 bits per heavy atom. The first-order valence-corrected chi connectivity index (χ1v) is 40.7. The van der Waals surface area contributed by atoms with Crippen LogP contribution in [0.25, 0.3) is 0 Å². The molecule has 0 saturated carbocycles. The second-order valence-electron chi connectivity index (χ2n) is 26.7. The van der Waals surface area contributed by atoms with Crippen LogP contribution in [0.4, 0.5) is 0 Å². The van der Waals surface area contributed by atoms with Gasteiger partial charge in [0.15, 0.2) is 25.0 Å². The predicted molar refractivity (Wildman–Crippen MR) is 400 cm³/mol. The zero-order chi connectivity index (χ0) is 67.5. The van der Waals surface area contributed by atoms with E-state index >= 15 is 0 Å². The molecule has 546 valence electrons. The fourth-order valence-corrected chi connectivity index (χ4v) is 11.7. The number of ether oxygens (including phenoxy) is 4. The van der Waals surface area contributed by atoms with Crippen LogP contribution in [0.2, 0.25) is 0 Å². The third-order valence-corrected chi connectivity index (χ3v) is 18.1. The van der Waals surface area contributed by atoms with Crippen LogP contribution in [0.15, 0.2) is 79.2 Å². The van der Waals surface area contributed by atoms with E-state index in [-0.39, 0.29) is 54.1 Å². The van der Waals surface area contributed by atoms with E-state index in [1.807, 2.05) is 35.2 Å². The lowest BCUT2D eigenvalue weighted by molar-refractivity contribution is -0.703. The zero-order valence-corrected chi connectivity index (χ0v) is 64.7. The smallest absolute Gasteiger partial charge is 0.306 e. The van der Waals surface area contributed by atoms with Crippen LogP contribution < -0.4 is 21.5 Å². The van der Waals surface area contributed by atoms with Crippen molar-refractivity contribution in [3.63, 3.8) is 0 Å². The van der Waals surface area contributed by atoms with Crippen LogP contribution in [-0.2, 0) is 44.7 Å². The summed E-state index contributed by atoms with van der Waals surface area (Å²) >= 11 is 3.39. The number of allylic oxidation sites excluding steroid dienone is 8. The van der Waals surface area contributed by atoms with Crippen molar-refractivity contribution >= 4 is 39.8 Å². The number of unbranched alkanes of at least 4 members (excludes halogenated alkanes) is 44. The van der Waals surface area contributed by atoms with E-state index in [0.717, 1.165) is 89.9 Å². The molecule has 2 unspecified atom stereocenters. The topological polar surface area (TPSA) is 109 Å². The lowest BCUT2D eigenvalue weighted by Crippen LogP contribution is -3.00. The van der Waals surface area contributed by atoms with E-state index in [9.17, 15) is 19.2 Å². The molecule has 1 aromatic rings. The van der Waals surface area contributed by atoms with Crippen LogP contribution in [0.5, 0.6) is 0 Å². The highest BCUT2D eigenvalue weighted by atomic mass is 79.9. The Hall–Kier alpha value is -3.05. The van der Waals surface area contributed by atoms with E-state index in [1.54, 1.807) is 0 Å². The molecule has 1 aromatic heterocycles. The normalized spacial score (nSPS) is 12.1. The number of hydrogen-bond donors (Lipinski definition) is 0. The fourth-order valence-electron chi connectivity index (χ4n) is 11.4. The third kappa shape index (κ3) is 73.2. The SMILES string of the molecule is CCCCCCCC/C=C\CCCCCCCC(=O)OCC(CBr)OC(=O)CCCCCCC/C=C\CCCCCCCC.CCCCCCCC/C=C\CCCCCCCC(=O)OCC(C[n+]1ccccc1)OC(=O)CCCCCCC/C=C\CCCCCCCC.[Br-]. The van der Waals surface area contributed by atoms with Crippen molar-refractivity contribution in [3.8, 4) is 0 Å². The highest BCUT2D eigenvalue weighted by molar-refractivity contribution is 9.09. The molecule has 1 rings (SSSR count). The third-order valence-electron chi connectivity index (χ3n) is 17.4. The molecule has 11 heteroatoms. The molecule has 1 heterocycles. The number of carbonyl (C=O) groups excluding carboxylic acids is 4. The molecule has 2 atom stereocenters. The van der Waals surface area contributed by atoms with Crippen molar-refractivity contribution in [2.45, 2.75) is 406 Å². The maximum atomic E-state index is 12.7. The van der Waals surface area contributed by atoms with Crippen molar-refractivity contribution in [1.82, 2.24) is 0 Å². The van der Waals surface area contributed by atoms with Gasteiger partial charge in [-0.2, -0.15) is 0 Å². The molecule has 0 aliphatic rings. The average molecular weight is 1450 g/mol. The van der Waals surface area contributed by atoms with Gasteiger partial charge in [-0.3, -0.25) is 19.2 Å².